The maximum Gasteiger partial charge on any atom is 0.137 e. The van der Waals surface area contributed by atoms with E-state index in [0.717, 1.165) is 38.4 Å². The van der Waals surface area contributed by atoms with Crippen molar-refractivity contribution in [1.82, 2.24) is 19.4 Å². The van der Waals surface area contributed by atoms with Crippen molar-refractivity contribution in [2.24, 2.45) is 0 Å². The number of rotatable bonds is 3. The zero-order valence-corrected chi connectivity index (χ0v) is 14.5. The number of nitrogens with zero attached hydrogens (tertiary/aromatic N) is 4. The van der Waals surface area contributed by atoms with E-state index < -0.39 is 0 Å². The van der Waals surface area contributed by atoms with Crippen LogP contribution in [0.2, 0.25) is 0 Å². The first-order valence-corrected chi connectivity index (χ1v) is 8.85. The lowest BCUT2D eigenvalue weighted by molar-refractivity contribution is 0.0517. The van der Waals surface area contributed by atoms with Crippen LogP contribution in [0.3, 0.4) is 0 Å². The van der Waals surface area contributed by atoms with Crippen LogP contribution in [0.15, 0.2) is 36.7 Å². The third-order valence-corrected chi connectivity index (χ3v) is 5.42. The zero-order valence-electron chi connectivity index (χ0n) is 14.5. The Morgan fingerprint density at radius 1 is 1.25 bits per heavy atom. The number of fused-ring (bicyclic) bond motifs is 1. The highest BCUT2D eigenvalue weighted by Crippen LogP contribution is 2.26. The quantitative estimate of drug-likeness (QED) is 0.934. The molecule has 3 atom stereocenters. The van der Waals surface area contributed by atoms with Gasteiger partial charge in [-0.05, 0) is 50.1 Å². The number of piperazine rings is 1. The second-order valence-corrected chi connectivity index (χ2v) is 7.34. The lowest BCUT2D eigenvalue weighted by atomic mass is 10.1. The zero-order chi connectivity index (χ0) is 16.7. The normalized spacial score (nSPS) is 28.2. The molecule has 5 nitrogen and oxygen atoms in total. The van der Waals surface area contributed by atoms with Crippen LogP contribution in [0.25, 0.3) is 5.82 Å². The fourth-order valence-electron chi connectivity index (χ4n) is 4.13. The topological polar surface area (TPSA) is 44.5 Å². The van der Waals surface area contributed by atoms with Gasteiger partial charge >= 0.3 is 0 Å². The van der Waals surface area contributed by atoms with Gasteiger partial charge < -0.3 is 9.67 Å². The molecule has 24 heavy (non-hydrogen) atoms. The van der Waals surface area contributed by atoms with Gasteiger partial charge in [0.25, 0.3) is 0 Å². The van der Waals surface area contributed by atoms with Crippen molar-refractivity contribution >= 4 is 0 Å². The molecule has 0 amide bonds. The van der Waals surface area contributed by atoms with Crippen LogP contribution in [0, 0.1) is 6.92 Å². The summed E-state index contributed by atoms with van der Waals surface area (Å²) in [6.45, 7) is 8.23. The summed E-state index contributed by atoms with van der Waals surface area (Å²) in [5.74, 6) is 0.984. The molecule has 5 heteroatoms. The fraction of sp³-hybridized carbons (Fsp3) is 0.526. The maximum absolute atomic E-state index is 9.94. The summed E-state index contributed by atoms with van der Waals surface area (Å²) in [5.41, 5.74) is 2.49. The second kappa shape index (κ2) is 6.31. The van der Waals surface area contributed by atoms with Crippen molar-refractivity contribution < 1.29 is 5.11 Å². The fourth-order valence-corrected chi connectivity index (χ4v) is 4.13. The molecule has 0 aliphatic carbocycles. The minimum Gasteiger partial charge on any atom is -0.392 e. The van der Waals surface area contributed by atoms with Gasteiger partial charge in [-0.2, -0.15) is 0 Å². The molecule has 2 fully saturated rings. The van der Waals surface area contributed by atoms with Crippen LogP contribution in [0.1, 0.15) is 24.6 Å². The van der Waals surface area contributed by atoms with E-state index in [4.69, 9.17) is 0 Å². The van der Waals surface area contributed by atoms with E-state index >= 15 is 0 Å². The largest absolute Gasteiger partial charge is 0.392 e. The van der Waals surface area contributed by atoms with Crippen molar-refractivity contribution in [3.05, 3.63) is 47.9 Å². The summed E-state index contributed by atoms with van der Waals surface area (Å²) in [7, 11) is 0. The second-order valence-electron chi connectivity index (χ2n) is 7.34. The number of pyridine rings is 1. The van der Waals surface area contributed by atoms with Crippen molar-refractivity contribution in [3.63, 3.8) is 0 Å². The lowest BCUT2D eigenvalue weighted by Gasteiger charge is -2.42. The van der Waals surface area contributed by atoms with Crippen LogP contribution in [-0.4, -0.2) is 62.3 Å². The van der Waals surface area contributed by atoms with E-state index in [9.17, 15) is 5.11 Å². The minimum atomic E-state index is -0.150. The number of hydrogen-bond donors (Lipinski definition) is 1. The summed E-state index contributed by atoms with van der Waals surface area (Å²) in [4.78, 5) is 9.51. The van der Waals surface area contributed by atoms with E-state index in [0.29, 0.717) is 12.1 Å². The first kappa shape index (κ1) is 15.8. The summed E-state index contributed by atoms with van der Waals surface area (Å²) < 4.78 is 2.19. The first-order valence-electron chi connectivity index (χ1n) is 8.85. The van der Waals surface area contributed by atoms with Gasteiger partial charge in [-0.15, -0.1) is 0 Å². The van der Waals surface area contributed by atoms with Crippen molar-refractivity contribution in [2.75, 3.05) is 19.6 Å². The monoisotopic (exact) mass is 326 g/mol. The minimum absolute atomic E-state index is 0.150. The molecule has 0 saturated carbocycles. The molecule has 0 spiro atoms. The predicted octanol–water partition coefficient (Wildman–Crippen LogP) is 1.82. The summed E-state index contributed by atoms with van der Waals surface area (Å²) in [6, 6.07) is 9.43. The Bertz CT molecular complexity index is 713. The van der Waals surface area contributed by atoms with Crippen LogP contribution >= 0.6 is 0 Å². The molecular formula is C19H26N4O. The van der Waals surface area contributed by atoms with Crippen molar-refractivity contribution in [1.29, 1.82) is 0 Å². The first-order chi connectivity index (χ1) is 11.6. The van der Waals surface area contributed by atoms with E-state index in [2.05, 4.69) is 57.6 Å². The molecule has 0 bridgehead atoms. The summed E-state index contributed by atoms with van der Waals surface area (Å²) in [5, 5.41) is 9.94. The molecule has 4 heterocycles. The van der Waals surface area contributed by atoms with Gasteiger partial charge in [0.1, 0.15) is 5.82 Å². The van der Waals surface area contributed by atoms with Crippen molar-refractivity contribution in [2.45, 2.75) is 45.0 Å². The number of aryl methyl sites for hydroxylation is 1. The highest BCUT2D eigenvalue weighted by Gasteiger charge is 2.38. The van der Waals surface area contributed by atoms with E-state index in [1.807, 2.05) is 12.3 Å². The Balaban J connectivity index is 1.53. The van der Waals surface area contributed by atoms with Crippen LogP contribution in [0.5, 0.6) is 0 Å². The molecule has 128 valence electrons. The molecule has 4 rings (SSSR count). The molecule has 2 saturated heterocycles. The van der Waals surface area contributed by atoms with E-state index in [-0.39, 0.29) is 6.10 Å². The smallest absolute Gasteiger partial charge is 0.137 e. The average molecular weight is 326 g/mol. The maximum atomic E-state index is 9.94. The Morgan fingerprint density at radius 2 is 2.12 bits per heavy atom. The number of aromatic nitrogens is 2. The van der Waals surface area contributed by atoms with Gasteiger partial charge in [0.2, 0.25) is 0 Å². The standard InChI is InChI=1S/C19H26N4O/c1-14-5-6-20-19(8-14)23-7-3-4-16(23)11-21-12-17-9-18(24)13-22(17)10-15(21)2/h3-8,15,17-18,24H,9-13H2,1-2H3/t15-,17+,18-/m1/s1. The predicted molar refractivity (Wildman–Crippen MR) is 94.2 cm³/mol. The summed E-state index contributed by atoms with van der Waals surface area (Å²) >= 11 is 0. The molecule has 1 N–H and O–H groups in total. The van der Waals surface area contributed by atoms with Crippen molar-refractivity contribution in [3.8, 4) is 5.82 Å². The summed E-state index contributed by atoms with van der Waals surface area (Å²) in [6.07, 6.45) is 4.72. The van der Waals surface area contributed by atoms with Gasteiger partial charge in [0.05, 0.1) is 6.10 Å². The number of aliphatic hydroxyl groups excluding tert-OH is 1. The molecule has 2 aliphatic rings. The molecule has 2 aromatic rings. The van der Waals surface area contributed by atoms with Gasteiger partial charge in [0, 0.05) is 56.4 Å². The Hall–Kier alpha value is -1.69. The third kappa shape index (κ3) is 2.99. The molecule has 2 aliphatic heterocycles. The molecule has 0 radical (unpaired) electrons. The highest BCUT2D eigenvalue weighted by molar-refractivity contribution is 5.31. The van der Waals surface area contributed by atoms with Crippen LogP contribution < -0.4 is 0 Å². The van der Waals surface area contributed by atoms with Crippen LogP contribution in [-0.2, 0) is 6.54 Å². The number of hydrogen-bond acceptors (Lipinski definition) is 4. The SMILES string of the molecule is Cc1ccnc(-n2cccc2CN2C[C@@H]3C[C@@H](O)CN3C[C@H]2C)c1. The highest BCUT2D eigenvalue weighted by atomic mass is 16.3. The van der Waals surface area contributed by atoms with E-state index in [1.54, 1.807) is 0 Å². The number of aliphatic hydroxyl groups is 1. The lowest BCUT2D eigenvalue weighted by Crippen LogP contribution is -2.54. The van der Waals surface area contributed by atoms with Gasteiger partial charge in [-0.25, -0.2) is 4.98 Å². The average Bonchev–Trinajstić information content (AvgIpc) is 3.13. The Labute approximate surface area is 143 Å². The molecule has 0 aromatic carbocycles. The molecular weight excluding hydrogens is 300 g/mol. The Kier molecular flexibility index (Phi) is 4.16. The van der Waals surface area contributed by atoms with Crippen LogP contribution in [0.4, 0.5) is 0 Å². The Morgan fingerprint density at radius 3 is 2.96 bits per heavy atom. The van der Waals surface area contributed by atoms with E-state index in [1.165, 1.54) is 11.3 Å². The van der Waals surface area contributed by atoms with Gasteiger partial charge in [-0.1, -0.05) is 0 Å². The molecule has 2 aromatic heterocycles. The van der Waals surface area contributed by atoms with Gasteiger partial charge in [0.15, 0.2) is 0 Å². The third-order valence-electron chi connectivity index (χ3n) is 5.42. The molecule has 0 unspecified atom stereocenters. The van der Waals surface area contributed by atoms with Gasteiger partial charge in [-0.3, -0.25) is 9.80 Å².